The minimum Gasteiger partial charge on any atom is -0.384 e. The van der Waals surface area contributed by atoms with Crippen molar-refractivity contribution in [3.05, 3.63) is 11.8 Å². The van der Waals surface area contributed by atoms with Crippen LogP contribution in [0.5, 0.6) is 0 Å². The summed E-state index contributed by atoms with van der Waals surface area (Å²) in [5, 5.41) is 6.20. The minimum absolute atomic E-state index is 0.126. The summed E-state index contributed by atoms with van der Waals surface area (Å²) in [7, 11) is -3.43. The van der Waals surface area contributed by atoms with Crippen LogP contribution in [-0.4, -0.2) is 25.2 Å². The molecule has 1 aromatic heterocycles. The fraction of sp³-hybridized carbons (Fsp3) is 0.571. The number of nitrogens with zero attached hydrogens (tertiary/aromatic N) is 1. The molecule has 15 heavy (non-hydrogen) atoms. The number of rotatable bonds is 6. The van der Waals surface area contributed by atoms with E-state index in [2.05, 4.69) is 19.6 Å². The van der Waals surface area contributed by atoms with Crippen LogP contribution in [-0.2, 0) is 16.8 Å². The van der Waals surface area contributed by atoms with Crippen LogP contribution in [0.2, 0.25) is 0 Å². The number of hydrogen-bond acceptors (Lipinski definition) is 4. The number of aromatic amines is 1. The van der Waals surface area contributed by atoms with Gasteiger partial charge >= 0.3 is 0 Å². The van der Waals surface area contributed by atoms with Crippen molar-refractivity contribution < 1.29 is 8.42 Å². The Morgan fingerprint density at radius 2 is 2.27 bits per heavy atom. The molecule has 1 aromatic rings. The summed E-state index contributed by atoms with van der Waals surface area (Å²) in [4.78, 5) is 0. The maximum absolute atomic E-state index is 11.3. The smallest absolute Gasteiger partial charge is 0.277 e. The Morgan fingerprint density at radius 1 is 1.53 bits per heavy atom. The molecule has 0 aliphatic rings. The van der Waals surface area contributed by atoms with Crippen LogP contribution in [0.1, 0.15) is 18.9 Å². The zero-order valence-electron chi connectivity index (χ0n) is 8.45. The van der Waals surface area contributed by atoms with Crippen LogP contribution in [0.25, 0.3) is 0 Å². The van der Waals surface area contributed by atoms with E-state index in [0.29, 0.717) is 17.9 Å². The first kappa shape index (κ1) is 12.0. The molecule has 0 spiro atoms. The van der Waals surface area contributed by atoms with Crippen molar-refractivity contribution in [2.24, 2.45) is 0 Å². The first-order chi connectivity index (χ1) is 7.05. The number of anilines is 1. The topological polar surface area (TPSA) is 113 Å². The second-order valence-corrected chi connectivity index (χ2v) is 4.61. The number of H-pyrrole nitrogens is 1. The van der Waals surface area contributed by atoms with Crippen LogP contribution in [0.3, 0.4) is 0 Å². The summed E-state index contributed by atoms with van der Waals surface area (Å²) in [6, 6.07) is 0. The molecule has 0 aliphatic carbocycles. The molecule has 0 amide bonds. The monoisotopic (exact) mass is 233 g/mol. The second kappa shape index (κ2) is 5.10. The Kier molecular flexibility index (Phi) is 4.06. The van der Waals surface area contributed by atoms with E-state index in [0.717, 1.165) is 6.42 Å². The van der Waals surface area contributed by atoms with Gasteiger partial charge in [0.05, 0.1) is 6.20 Å². The SMILES string of the molecule is CCCNS(=O)(=O)NCc1cn[nH]c1N. The number of hydrogen-bond donors (Lipinski definition) is 4. The third-order valence-electron chi connectivity index (χ3n) is 1.75. The molecule has 0 saturated heterocycles. The summed E-state index contributed by atoms with van der Waals surface area (Å²) in [5.41, 5.74) is 6.12. The number of aromatic nitrogens is 2. The molecule has 0 saturated carbocycles. The normalized spacial score (nSPS) is 11.8. The molecular formula is C7H15N5O2S. The Morgan fingerprint density at radius 3 is 2.80 bits per heavy atom. The van der Waals surface area contributed by atoms with Crippen molar-refractivity contribution in [3.8, 4) is 0 Å². The lowest BCUT2D eigenvalue weighted by Gasteiger charge is -2.06. The van der Waals surface area contributed by atoms with Crippen LogP contribution in [0, 0.1) is 0 Å². The van der Waals surface area contributed by atoms with E-state index in [9.17, 15) is 8.42 Å². The van der Waals surface area contributed by atoms with Gasteiger partial charge in [0.1, 0.15) is 5.82 Å². The van der Waals surface area contributed by atoms with Crippen LogP contribution >= 0.6 is 0 Å². The highest BCUT2D eigenvalue weighted by atomic mass is 32.2. The third kappa shape index (κ3) is 3.86. The maximum Gasteiger partial charge on any atom is 0.277 e. The van der Waals surface area contributed by atoms with Crippen molar-refractivity contribution >= 4 is 16.0 Å². The lowest BCUT2D eigenvalue weighted by Crippen LogP contribution is -2.36. The van der Waals surface area contributed by atoms with Crippen molar-refractivity contribution in [3.63, 3.8) is 0 Å². The highest BCUT2D eigenvalue weighted by Gasteiger charge is 2.09. The molecule has 0 aliphatic heterocycles. The maximum atomic E-state index is 11.3. The molecule has 0 fully saturated rings. The van der Waals surface area contributed by atoms with Gasteiger partial charge in [-0.05, 0) is 6.42 Å². The molecule has 0 aromatic carbocycles. The largest absolute Gasteiger partial charge is 0.384 e. The minimum atomic E-state index is -3.43. The van der Waals surface area contributed by atoms with Gasteiger partial charge in [0.2, 0.25) is 0 Å². The van der Waals surface area contributed by atoms with E-state index in [-0.39, 0.29) is 6.54 Å². The molecule has 86 valence electrons. The fourth-order valence-corrected chi connectivity index (χ4v) is 1.84. The van der Waals surface area contributed by atoms with E-state index < -0.39 is 10.2 Å². The first-order valence-corrected chi connectivity index (χ1v) is 6.05. The van der Waals surface area contributed by atoms with Crippen LogP contribution < -0.4 is 15.2 Å². The van der Waals surface area contributed by atoms with E-state index in [1.54, 1.807) is 0 Å². The van der Waals surface area contributed by atoms with Gasteiger partial charge < -0.3 is 5.73 Å². The van der Waals surface area contributed by atoms with Gasteiger partial charge in [-0.1, -0.05) is 6.92 Å². The summed E-state index contributed by atoms with van der Waals surface area (Å²) >= 11 is 0. The summed E-state index contributed by atoms with van der Waals surface area (Å²) in [6.07, 6.45) is 2.23. The molecule has 8 heteroatoms. The predicted octanol–water partition coefficient (Wildman–Crippen LogP) is -0.674. The highest BCUT2D eigenvalue weighted by Crippen LogP contribution is 2.04. The Bertz CT molecular complexity index is 399. The van der Waals surface area contributed by atoms with Gasteiger partial charge in [-0.2, -0.15) is 18.2 Å². The lowest BCUT2D eigenvalue weighted by atomic mass is 10.3. The van der Waals surface area contributed by atoms with Crippen LogP contribution in [0.15, 0.2) is 6.20 Å². The average molecular weight is 233 g/mol. The van der Waals surface area contributed by atoms with Crippen molar-refractivity contribution in [2.75, 3.05) is 12.3 Å². The van der Waals surface area contributed by atoms with Crippen molar-refractivity contribution in [1.82, 2.24) is 19.6 Å². The molecule has 1 rings (SSSR count). The summed E-state index contributed by atoms with van der Waals surface area (Å²) in [5.74, 6) is 0.369. The third-order valence-corrected chi connectivity index (χ3v) is 2.85. The van der Waals surface area contributed by atoms with Gasteiger partial charge in [-0.3, -0.25) is 5.10 Å². The predicted molar refractivity (Wildman–Crippen MR) is 57.1 cm³/mol. The van der Waals surface area contributed by atoms with Crippen LogP contribution in [0.4, 0.5) is 5.82 Å². The van der Waals surface area contributed by atoms with Crippen molar-refractivity contribution in [2.45, 2.75) is 19.9 Å². The van der Waals surface area contributed by atoms with Gasteiger partial charge in [0.25, 0.3) is 10.2 Å². The van der Waals surface area contributed by atoms with E-state index in [4.69, 9.17) is 5.73 Å². The fourth-order valence-electron chi connectivity index (χ4n) is 0.922. The molecule has 5 N–H and O–H groups in total. The Balaban J connectivity index is 2.46. The quantitative estimate of drug-likeness (QED) is 0.521. The second-order valence-electron chi connectivity index (χ2n) is 3.03. The molecular weight excluding hydrogens is 218 g/mol. The standard InChI is InChI=1S/C7H15N5O2S/c1-2-3-10-15(13,14)11-5-6-4-9-12-7(6)8/h4,10-11H,2-3,5H2,1H3,(H3,8,9,12). The highest BCUT2D eigenvalue weighted by molar-refractivity contribution is 7.87. The molecule has 0 unspecified atom stereocenters. The first-order valence-electron chi connectivity index (χ1n) is 4.57. The lowest BCUT2D eigenvalue weighted by molar-refractivity contribution is 0.565. The van der Waals surface area contributed by atoms with Crippen molar-refractivity contribution in [1.29, 1.82) is 0 Å². The summed E-state index contributed by atoms with van der Waals surface area (Å²) in [6.45, 7) is 2.42. The number of nitrogens with two attached hydrogens (primary N) is 1. The van der Waals surface area contributed by atoms with Gasteiger partial charge in [-0.25, -0.2) is 4.72 Å². The molecule has 7 nitrogen and oxygen atoms in total. The van der Waals surface area contributed by atoms with E-state index in [1.165, 1.54) is 6.20 Å². The number of nitrogens with one attached hydrogen (secondary N) is 3. The Hall–Kier alpha value is -1.12. The zero-order valence-corrected chi connectivity index (χ0v) is 9.26. The molecule has 0 bridgehead atoms. The molecule has 0 radical (unpaired) electrons. The van der Waals surface area contributed by atoms with Gasteiger partial charge in [0, 0.05) is 18.7 Å². The van der Waals surface area contributed by atoms with E-state index >= 15 is 0 Å². The van der Waals surface area contributed by atoms with Gasteiger partial charge in [-0.15, -0.1) is 0 Å². The van der Waals surface area contributed by atoms with E-state index in [1.807, 2.05) is 6.92 Å². The van der Waals surface area contributed by atoms with Gasteiger partial charge in [0.15, 0.2) is 0 Å². The number of nitrogen functional groups attached to an aromatic ring is 1. The molecule has 1 heterocycles. The Labute approximate surface area is 88.6 Å². The average Bonchev–Trinajstić information content (AvgIpc) is 2.58. The molecule has 0 atom stereocenters. The summed E-state index contributed by atoms with van der Waals surface area (Å²) < 4.78 is 27.3. The zero-order chi connectivity index (χ0) is 11.3.